The first-order valence-electron chi connectivity index (χ1n) is 5.96. The average molecular weight is 364 g/mol. The van der Waals surface area contributed by atoms with Gasteiger partial charge in [0.05, 0.1) is 24.7 Å². The summed E-state index contributed by atoms with van der Waals surface area (Å²) in [5, 5.41) is 0. The fourth-order valence-electron chi connectivity index (χ4n) is 1.51. The van der Waals surface area contributed by atoms with Gasteiger partial charge in [-0.15, -0.1) is 12.3 Å². The number of rotatable bonds is 5. The van der Waals surface area contributed by atoms with E-state index in [0.717, 1.165) is 13.0 Å². The van der Waals surface area contributed by atoms with Crippen LogP contribution in [0.15, 0.2) is 11.8 Å². The monoisotopic (exact) mass is 364 g/mol. The van der Waals surface area contributed by atoms with Gasteiger partial charge < -0.3 is 9.47 Å². The molecule has 0 aromatic rings. The standard InChI is InChI=1S/C13H21IO2Si/c1-5-6-11(8-10-17(2,3)4)16-13-12(14)7-9-15-13/h1,8,10-13H,6-7,9H2,2-4H3/b10-8+/t11-,12-,13+/m0/s1. The summed E-state index contributed by atoms with van der Waals surface area (Å²) in [7, 11) is -1.19. The quantitative estimate of drug-likeness (QED) is 0.322. The predicted octanol–water partition coefficient (Wildman–Crippen LogP) is 3.38. The molecule has 96 valence electrons. The zero-order chi connectivity index (χ0) is 12.9. The summed E-state index contributed by atoms with van der Waals surface area (Å²) in [6.45, 7) is 7.68. The van der Waals surface area contributed by atoms with Gasteiger partial charge >= 0.3 is 0 Å². The molecule has 0 aromatic heterocycles. The van der Waals surface area contributed by atoms with Crippen molar-refractivity contribution >= 4 is 30.7 Å². The van der Waals surface area contributed by atoms with Crippen LogP contribution in [0.25, 0.3) is 0 Å². The van der Waals surface area contributed by atoms with E-state index >= 15 is 0 Å². The van der Waals surface area contributed by atoms with E-state index in [-0.39, 0.29) is 12.4 Å². The highest BCUT2D eigenvalue weighted by atomic mass is 127. The molecule has 0 saturated carbocycles. The minimum absolute atomic E-state index is 0.00732. The lowest BCUT2D eigenvalue weighted by Crippen LogP contribution is -2.26. The van der Waals surface area contributed by atoms with Crippen molar-refractivity contribution < 1.29 is 9.47 Å². The summed E-state index contributed by atoms with van der Waals surface area (Å²) in [6.07, 6.45) is 9.08. The Morgan fingerprint density at radius 3 is 2.76 bits per heavy atom. The summed E-state index contributed by atoms with van der Waals surface area (Å²) >= 11 is 2.38. The van der Waals surface area contributed by atoms with Gasteiger partial charge in [0.15, 0.2) is 6.29 Å². The Bertz CT molecular complexity index is 304. The van der Waals surface area contributed by atoms with Gasteiger partial charge in [0.1, 0.15) is 0 Å². The van der Waals surface area contributed by atoms with Crippen LogP contribution in [0.3, 0.4) is 0 Å². The number of hydrogen-bond donors (Lipinski definition) is 0. The van der Waals surface area contributed by atoms with Crippen molar-refractivity contribution in [2.45, 2.75) is 48.8 Å². The average Bonchev–Trinajstić information content (AvgIpc) is 2.60. The van der Waals surface area contributed by atoms with Gasteiger partial charge in [-0.25, -0.2) is 0 Å². The van der Waals surface area contributed by atoms with Crippen LogP contribution in [-0.2, 0) is 9.47 Å². The number of terminal acetylenes is 1. The zero-order valence-electron chi connectivity index (χ0n) is 10.8. The number of alkyl halides is 1. The molecule has 0 bridgehead atoms. The van der Waals surface area contributed by atoms with Gasteiger partial charge in [-0.05, 0) is 6.42 Å². The minimum Gasteiger partial charge on any atom is -0.351 e. The second-order valence-electron chi connectivity index (χ2n) is 5.35. The van der Waals surface area contributed by atoms with Crippen LogP contribution in [0, 0.1) is 12.3 Å². The van der Waals surface area contributed by atoms with Gasteiger partial charge in [0, 0.05) is 6.42 Å². The van der Waals surface area contributed by atoms with E-state index in [0.29, 0.717) is 10.3 Å². The molecular weight excluding hydrogens is 343 g/mol. The van der Waals surface area contributed by atoms with E-state index in [1.807, 2.05) is 0 Å². The van der Waals surface area contributed by atoms with Crippen molar-refractivity contribution in [1.29, 1.82) is 0 Å². The largest absolute Gasteiger partial charge is 0.351 e. The summed E-state index contributed by atoms with van der Waals surface area (Å²) < 4.78 is 11.9. The smallest absolute Gasteiger partial charge is 0.170 e. The fraction of sp³-hybridized carbons (Fsp3) is 0.692. The Balaban J connectivity index is 2.54. The molecule has 1 aliphatic heterocycles. The Labute approximate surface area is 119 Å². The second kappa shape index (κ2) is 6.93. The molecule has 0 radical (unpaired) electrons. The lowest BCUT2D eigenvalue weighted by atomic mass is 10.2. The number of halogens is 1. The van der Waals surface area contributed by atoms with Gasteiger partial charge in [-0.2, -0.15) is 0 Å². The summed E-state index contributed by atoms with van der Waals surface area (Å²) in [5.74, 6) is 2.67. The van der Waals surface area contributed by atoms with Crippen molar-refractivity contribution in [2.75, 3.05) is 6.61 Å². The highest BCUT2D eigenvalue weighted by Gasteiger charge is 2.28. The van der Waals surface area contributed by atoms with Crippen molar-refractivity contribution in [3.05, 3.63) is 11.8 Å². The molecular formula is C13H21IO2Si. The summed E-state index contributed by atoms with van der Waals surface area (Å²) in [4.78, 5) is 0. The van der Waals surface area contributed by atoms with E-state index in [1.165, 1.54) is 0 Å². The van der Waals surface area contributed by atoms with Crippen molar-refractivity contribution in [1.82, 2.24) is 0 Å². The molecule has 2 nitrogen and oxygen atoms in total. The third kappa shape index (κ3) is 6.05. The normalized spacial score (nSPS) is 27.2. The first-order chi connectivity index (χ1) is 7.92. The molecule has 0 unspecified atom stereocenters. The third-order valence-electron chi connectivity index (χ3n) is 2.41. The predicted molar refractivity (Wildman–Crippen MR) is 83.0 cm³/mol. The highest BCUT2D eigenvalue weighted by Crippen LogP contribution is 2.24. The minimum atomic E-state index is -1.19. The molecule has 0 N–H and O–H groups in total. The molecule has 0 amide bonds. The summed E-state index contributed by atoms with van der Waals surface area (Å²) in [6, 6.07) is 0. The van der Waals surface area contributed by atoms with Gasteiger partial charge in [0.2, 0.25) is 0 Å². The Morgan fingerprint density at radius 2 is 2.29 bits per heavy atom. The van der Waals surface area contributed by atoms with Gasteiger partial charge in [-0.3, -0.25) is 0 Å². The lowest BCUT2D eigenvalue weighted by Gasteiger charge is -2.20. The Hall–Kier alpha value is 0.167. The number of ether oxygens (including phenoxy) is 2. The molecule has 0 spiro atoms. The van der Waals surface area contributed by atoms with Crippen LogP contribution in [0.1, 0.15) is 12.8 Å². The molecule has 1 rings (SSSR count). The van der Waals surface area contributed by atoms with Gasteiger partial charge in [0.25, 0.3) is 0 Å². The topological polar surface area (TPSA) is 18.5 Å². The van der Waals surface area contributed by atoms with E-state index in [4.69, 9.17) is 15.9 Å². The Kier molecular flexibility index (Phi) is 6.21. The molecule has 4 heteroatoms. The molecule has 1 saturated heterocycles. The van der Waals surface area contributed by atoms with Crippen LogP contribution >= 0.6 is 22.6 Å². The second-order valence-corrected chi connectivity index (χ2v) is 12.0. The van der Waals surface area contributed by atoms with E-state index in [2.05, 4.69) is 59.9 Å². The number of hydrogen-bond acceptors (Lipinski definition) is 2. The van der Waals surface area contributed by atoms with Crippen LogP contribution in [0.5, 0.6) is 0 Å². The van der Waals surface area contributed by atoms with E-state index < -0.39 is 8.07 Å². The van der Waals surface area contributed by atoms with E-state index in [1.54, 1.807) is 0 Å². The zero-order valence-corrected chi connectivity index (χ0v) is 13.9. The van der Waals surface area contributed by atoms with Crippen molar-refractivity contribution in [3.63, 3.8) is 0 Å². The maximum absolute atomic E-state index is 5.92. The van der Waals surface area contributed by atoms with Crippen molar-refractivity contribution in [2.24, 2.45) is 0 Å². The fourth-order valence-corrected chi connectivity index (χ4v) is 2.93. The van der Waals surface area contributed by atoms with Crippen LogP contribution < -0.4 is 0 Å². The van der Waals surface area contributed by atoms with Crippen molar-refractivity contribution in [3.8, 4) is 12.3 Å². The molecule has 1 heterocycles. The first-order valence-corrected chi connectivity index (χ1v) is 10.8. The molecule has 17 heavy (non-hydrogen) atoms. The Morgan fingerprint density at radius 1 is 1.59 bits per heavy atom. The van der Waals surface area contributed by atoms with Crippen LogP contribution in [0.4, 0.5) is 0 Å². The summed E-state index contributed by atoms with van der Waals surface area (Å²) in [5.41, 5.74) is 2.28. The maximum atomic E-state index is 5.92. The molecule has 3 atom stereocenters. The third-order valence-corrected chi connectivity index (χ3v) is 4.81. The first kappa shape index (κ1) is 15.2. The molecule has 0 aliphatic carbocycles. The molecule has 0 aromatic carbocycles. The molecule has 1 aliphatic rings. The molecule has 1 fully saturated rings. The highest BCUT2D eigenvalue weighted by molar-refractivity contribution is 14.1. The lowest BCUT2D eigenvalue weighted by molar-refractivity contribution is -0.125. The van der Waals surface area contributed by atoms with Gasteiger partial charge in [-0.1, -0.05) is 54.0 Å². The van der Waals surface area contributed by atoms with Crippen LogP contribution in [0.2, 0.25) is 19.6 Å². The van der Waals surface area contributed by atoms with Crippen LogP contribution in [-0.4, -0.2) is 31.0 Å². The SMILES string of the molecule is C#CC[C@@H](/C=C/[Si](C)(C)C)O[C@H]1OCC[C@@H]1I. The maximum Gasteiger partial charge on any atom is 0.170 e. The van der Waals surface area contributed by atoms with E-state index in [9.17, 15) is 0 Å².